The molecule has 0 saturated heterocycles. The Morgan fingerprint density at radius 3 is 2.74 bits per heavy atom. The number of carbonyl (C=O) groups is 1. The molecular weight excluding hydrogens is 238 g/mol. The molecule has 1 aromatic rings. The van der Waals surface area contributed by atoms with Gasteiger partial charge in [0.25, 0.3) is 0 Å². The molecule has 1 aromatic heterocycles. The van der Waals surface area contributed by atoms with Gasteiger partial charge in [0.05, 0.1) is 5.69 Å². The monoisotopic (exact) mass is 265 g/mol. The zero-order valence-corrected chi connectivity index (χ0v) is 12.5. The quantitative estimate of drug-likeness (QED) is 0.746. The van der Waals surface area contributed by atoms with Gasteiger partial charge in [-0.2, -0.15) is 5.10 Å². The van der Waals surface area contributed by atoms with E-state index in [0.29, 0.717) is 31.1 Å². The molecule has 0 bridgehead atoms. The first-order chi connectivity index (χ1) is 9.10. The molecule has 0 aliphatic carbocycles. The maximum Gasteiger partial charge on any atom is 0.138 e. The summed E-state index contributed by atoms with van der Waals surface area (Å²) in [5.41, 5.74) is 7.60. The standard InChI is InChI=1S/C15H27N3O/c1-4-13(8-9-16)6-7-15(19)11-14-10-12(3)17-18(14)5-2/h10,13H,4-9,11,16H2,1-3H3. The smallest absolute Gasteiger partial charge is 0.138 e. The van der Waals surface area contributed by atoms with Crippen molar-refractivity contribution in [3.05, 3.63) is 17.5 Å². The van der Waals surface area contributed by atoms with Gasteiger partial charge >= 0.3 is 0 Å². The SMILES string of the molecule is CCC(CCN)CCC(=O)Cc1cc(C)nn1CC. The molecule has 1 unspecified atom stereocenters. The van der Waals surface area contributed by atoms with Gasteiger partial charge in [-0.25, -0.2) is 0 Å². The minimum absolute atomic E-state index is 0.310. The van der Waals surface area contributed by atoms with Crippen LogP contribution in [0.5, 0.6) is 0 Å². The van der Waals surface area contributed by atoms with Crippen LogP contribution >= 0.6 is 0 Å². The van der Waals surface area contributed by atoms with E-state index >= 15 is 0 Å². The molecule has 0 aliphatic heterocycles. The first-order valence-electron chi connectivity index (χ1n) is 7.35. The van der Waals surface area contributed by atoms with Gasteiger partial charge < -0.3 is 5.73 Å². The van der Waals surface area contributed by atoms with E-state index in [9.17, 15) is 4.79 Å². The highest BCUT2D eigenvalue weighted by Crippen LogP contribution is 2.16. The van der Waals surface area contributed by atoms with Crippen molar-refractivity contribution in [3.63, 3.8) is 0 Å². The van der Waals surface area contributed by atoms with Crippen molar-refractivity contribution in [2.24, 2.45) is 11.7 Å². The normalized spacial score (nSPS) is 12.6. The second kappa shape index (κ2) is 8.10. The first kappa shape index (κ1) is 15.9. The third kappa shape index (κ3) is 5.15. The summed E-state index contributed by atoms with van der Waals surface area (Å²) in [5.74, 6) is 0.900. The van der Waals surface area contributed by atoms with Crippen LogP contribution in [0.2, 0.25) is 0 Å². The second-order valence-corrected chi connectivity index (χ2v) is 5.20. The van der Waals surface area contributed by atoms with E-state index in [1.807, 2.05) is 17.7 Å². The van der Waals surface area contributed by atoms with Gasteiger partial charge in [-0.05, 0) is 45.2 Å². The van der Waals surface area contributed by atoms with Crippen molar-refractivity contribution in [1.29, 1.82) is 0 Å². The number of Topliss-reactive ketones (excluding diaryl/α,β-unsaturated/α-hetero) is 1. The molecule has 0 radical (unpaired) electrons. The van der Waals surface area contributed by atoms with Crippen molar-refractivity contribution in [2.45, 2.75) is 59.4 Å². The number of rotatable bonds is 9. The van der Waals surface area contributed by atoms with Gasteiger partial charge in [-0.1, -0.05) is 13.3 Å². The Hall–Kier alpha value is -1.16. The van der Waals surface area contributed by atoms with Crippen molar-refractivity contribution in [3.8, 4) is 0 Å². The Morgan fingerprint density at radius 1 is 1.42 bits per heavy atom. The van der Waals surface area contributed by atoms with Gasteiger partial charge in [0.15, 0.2) is 0 Å². The summed E-state index contributed by atoms with van der Waals surface area (Å²) in [5, 5.41) is 4.37. The Balaban J connectivity index is 2.46. The fraction of sp³-hybridized carbons (Fsp3) is 0.733. The minimum atomic E-state index is 0.310. The van der Waals surface area contributed by atoms with E-state index in [4.69, 9.17) is 5.73 Å². The molecule has 1 heterocycles. The molecule has 1 rings (SSSR count). The number of carbonyl (C=O) groups excluding carboxylic acids is 1. The maximum absolute atomic E-state index is 12.0. The average Bonchev–Trinajstić information content (AvgIpc) is 2.74. The van der Waals surface area contributed by atoms with Crippen LogP contribution in [0.1, 0.15) is 50.9 Å². The zero-order chi connectivity index (χ0) is 14.3. The van der Waals surface area contributed by atoms with Gasteiger partial charge in [-0.3, -0.25) is 9.48 Å². The van der Waals surface area contributed by atoms with E-state index < -0.39 is 0 Å². The van der Waals surface area contributed by atoms with Gasteiger partial charge in [-0.15, -0.1) is 0 Å². The van der Waals surface area contributed by atoms with E-state index in [1.54, 1.807) is 0 Å². The molecule has 2 N–H and O–H groups in total. The number of ketones is 1. The molecule has 4 nitrogen and oxygen atoms in total. The zero-order valence-electron chi connectivity index (χ0n) is 12.5. The van der Waals surface area contributed by atoms with E-state index in [-0.39, 0.29) is 0 Å². The average molecular weight is 265 g/mol. The third-order valence-electron chi connectivity index (χ3n) is 3.65. The van der Waals surface area contributed by atoms with Crippen LogP contribution in [-0.4, -0.2) is 22.1 Å². The molecule has 0 aromatic carbocycles. The van der Waals surface area contributed by atoms with Crippen LogP contribution in [-0.2, 0) is 17.8 Å². The minimum Gasteiger partial charge on any atom is -0.330 e. The lowest BCUT2D eigenvalue weighted by molar-refractivity contribution is -0.118. The lowest BCUT2D eigenvalue weighted by Gasteiger charge is -2.12. The predicted octanol–water partition coefficient (Wildman–Crippen LogP) is 2.48. The number of hydrogen-bond acceptors (Lipinski definition) is 3. The van der Waals surface area contributed by atoms with Crippen LogP contribution in [0.3, 0.4) is 0 Å². The van der Waals surface area contributed by atoms with Crippen LogP contribution in [0.25, 0.3) is 0 Å². The van der Waals surface area contributed by atoms with E-state index in [2.05, 4.69) is 18.9 Å². The Kier molecular flexibility index (Phi) is 6.78. The molecule has 0 fully saturated rings. The topological polar surface area (TPSA) is 60.9 Å². The highest BCUT2D eigenvalue weighted by molar-refractivity contribution is 5.80. The molecular formula is C15H27N3O. The largest absolute Gasteiger partial charge is 0.330 e. The lowest BCUT2D eigenvalue weighted by atomic mass is 9.94. The molecule has 0 spiro atoms. The maximum atomic E-state index is 12.0. The van der Waals surface area contributed by atoms with Crippen molar-refractivity contribution in [1.82, 2.24) is 9.78 Å². The fourth-order valence-corrected chi connectivity index (χ4v) is 2.46. The fourth-order valence-electron chi connectivity index (χ4n) is 2.46. The number of aromatic nitrogens is 2. The molecule has 0 amide bonds. The molecule has 0 saturated carbocycles. The Morgan fingerprint density at radius 2 is 2.16 bits per heavy atom. The summed E-state index contributed by atoms with van der Waals surface area (Å²) in [6, 6.07) is 2.01. The van der Waals surface area contributed by atoms with Crippen molar-refractivity contribution >= 4 is 5.78 Å². The summed E-state index contributed by atoms with van der Waals surface area (Å²) in [6.07, 6.45) is 4.26. The summed E-state index contributed by atoms with van der Waals surface area (Å²) >= 11 is 0. The van der Waals surface area contributed by atoms with Gasteiger partial charge in [0, 0.05) is 25.1 Å². The second-order valence-electron chi connectivity index (χ2n) is 5.20. The molecule has 1 atom stereocenters. The predicted molar refractivity (Wildman–Crippen MR) is 78.0 cm³/mol. The van der Waals surface area contributed by atoms with Crippen LogP contribution in [0.15, 0.2) is 6.07 Å². The highest BCUT2D eigenvalue weighted by atomic mass is 16.1. The summed E-state index contributed by atoms with van der Waals surface area (Å²) < 4.78 is 1.92. The highest BCUT2D eigenvalue weighted by Gasteiger charge is 2.12. The number of nitrogens with zero attached hydrogens (tertiary/aromatic N) is 2. The van der Waals surface area contributed by atoms with Crippen molar-refractivity contribution < 1.29 is 4.79 Å². The first-order valence-corrected chi connectivity index (χ1v) is 7.35. The van der Waals surface area contributed by atoms with Crippen molar-refractivity contribution in [2.75, 3.05) is 6.54 Å². The Bertz CT molecular complexity index is 398. The summed E-state index contributed by atoms with van der Waals surface area (Å²) in [7, 11) is 0. The van der Waals surface area contributed by atoms with Gasteiger partial charge in [0.2, 0.25) is 0 Å². The van der Waals surface area contributed by atoms with Crippen LogP contribution in [0, 0.1) is 12.8 Å². The van der Waals surface area contributed by atoms with Crippen LogP contribution < -0.4 is 5.73 Å². The summed E-state index contributed by atoms with van der Waals surface area (Å²) in [4.78, 5) is 12.0. The molecule has 0 aliphatic rings. The number of nitrogens with two attached hydrogens (primary N) is 1. The molecule has 19 heavy (non-hydrogen) atoms. The van der Waals surface area contributed by atoms with E-state index in [1.165, 1.54) is 0 Å². The van der Waals surface area contributed by atoms with E-state index in [0.717, 1.165) is 37.2 Å². The number of aryl methyl sites for hydroxylation is 2. The third-order valence-corrected chi connectivity index (χ3v) is 3.65. The molecule has 108 valence electrons. The molecule has 4 heteroatoms. The van der Waals surface area contributed by atoms with Gasteiger partial charge in [0.1, 0.15) is 5.78 Å². The van der Waals surface area contributed by atoms with Crippen LogP contribution in [0.4, 0.5) is 0 Å². The number of hydrogen-bond donors (Lipinski definition) is 1. The Labute approximate surface area is 116 Å². The summed E-state index contributed by atoms with van der Waals surface area (Å²) in [6.45, 7) is 7.72. The lowest BCUT2D eigenvalue weighted by Crippen LogP contribution is -2.13.